The molecule has 2 N–H and O–H groups in total. The first-order valence-electron chi connectivity index (χ1n) is 8.95. The summed E-state index contributed by atoms with van der Waals surface area (Å²) in [6, 6.07) is 15.9. The fourth-order valence-corrected chi connectivity index (χ4v) is 2.36. The van der Waals surface area contributed by atoms with Crippen molar-refractivity contribution >= 4 is 17.9 Å². The van der Waals surface area contributed by atoms with Crippen molar-refractivity contribution in [1.29, 1.82) is 5.26 Å². The monoisotopic (exact) mass is 395 g/mol. The summed E-state index contributed by atoms with van der Waals surface area (Å²) < 4.78 is 10.9. The van der Waals surface area contributed by atoms with Crippen LogP contribution in [-0.2, 0) is 14.3 Å². The SMILES string of the molecule is CCNC(=O)NC(=O)[C@@H](OC(=O)[C@H](C)Oc1ccc(C#N)cc1)c1ccccc1. The number of hydrogen-bond acceptors (Lipinski definition) is 6. The largest absolute Gasteiger partial charge is 0.479 e. The summed E-state index contributed by atoms with van der Waals surface area (Å²) in [5, 5.41) is 13.4. The van der Waals surface area contributed by atoms with Gasteiger partial charge < -0.3 is 14.8 Å². The Morgan fingerprint density at radius 3 is 2.31 bits per heavy atom. The van der Waals surface area contributed by atoms with Crippen LogP contribution in [0, 0.1) is 11.3 Å². The number of rotatable bonds is 7. The van der Waals surface area contributed by atoms with E-state index in [0.29, 0.717) is 23.4 Å². The molecule has 0 aliphatic heterocycles. The van der Waals surface area contributed by atoms with Gasteiger partial charge in [0.1, 0.15) is 5.75 Å². The van der Waals surface area contributed by atoms with Gasteiger partial charge in [0.2, 0.25) is 6.10 Å². The van der Waals surface area contributed by atoms with Crippen LogP contribution >= 0.6 is 0 Å². The van der Waals surface area contributed by atoms with Crippen LogP contribution in [-0.4, -0.2) is 30.6 Å². The molecule has 0 radical (unpaired) electrons. The standard InChI is InChI=1S/C21H21N3O5/c1-3-23-21(27)24-19(25)18(16-7-5-4-6-8-16)29-20(26)14(2)28-17-11-9-15(13-22)10-12-17/h4-12,14,18H,3H2,1-2H3,(H2,23,24,25,27)/t14-,18-/m0/s1. The number of hydrogen-bond donors (Lipinski definition) is 2. The van der Waals surface area contributed by atoms with E-state index in [1.807, 2.05) is 6.07 Å². The molecule has 0 saturated heterocycles. The summed E-state index contributed by atoms with van der Waals surface area (Å²) in [7, 11) is 0. The van der Waals surface area contributed by atoms with Gasteiger partial charge in [-0.25, -0.2) is 9.59 Å². The van der Waals surface area contributed by atoms with Crippen LogP contribution < -0.4 is 15.4 Å². The van der Waals surface area contributed by atoms with E-state index < -0.39 is 30.1 Å². The third kappa shape index (κ3) is 6.36. The second-order valence-corrected chi connectivity index (χ2v) is 5.97. The van der Waals surface area contributed by atoms with E-state index in [2.05, 4.69) is 10.6 Å². The third-order valence-electron chi connectivity index (χ3n) is 3.78. The van der Waals surface area contributed by atoms with Crippen LogP contribution in [0.1, 0.15) is 31.1 Å². The number of imide groups is 1. The normalized spacial score (nSPS) is 12.0. The molecule has 2 aromatic rings. The Morgan fingerprint density at radius 1 is 1.07 bits per heavy atom. The lowest BCUT2D eigenvalue weighted by molar-refractivity contribution is -0.162. The lowest BCUT2D eigenvalue weighted by atomic mass is 10.1. The van der Waals surface area contributed by atoms with Crippen molar-refractivity contribution in [2.45, 2.75) is 26.1 Å². The van der Waals surface area contributed by atoms with Crippen molar-refractivity contribution < 1.29 is 23.9 Å². The van der Waals surface area contributed by atoms with Crippen molar-refractivity contribution in [2.75, 3.05) is 6.54 Å². The molecule has 0 spiro atoms. The van der Waals surface area contributed by atoms with Gasteiger partial charge in [-0.2, -0.15) is 5.26 Å². The molecule has 3 amide bonds. The highest BCUT2D eigenvalue weighted by Gasteiger charge is 2.29. The van der Waals surface area contributed by atoms with E-state index in [0.717, 1.165) is 0 Å². The number of carbonyl (C=O) groups excluding carboxylic acids is 3. The molecular weight excluding hydrogens is 374 g/mol. The molecule has 0 saturated carbocycles. The van der Waals surface area contributed by atoms with Crippen LogP contribution in [0.25, 0.3) is 0 Å². The first-order chi connectivity index (χ1) is 13.9. The first-order valence-corrected chi connectivity index (χ1v) is 8.95. The van der Waals surface area contributed by atoms with Crippen molar-refractivity contribution in [3.05, 3.63) is 65.7 Å². The van der Waals surface area contributed by atoms with Gasteiger partial charge in [-0.1, -0.05) is 30.3 Å². The smallest absolute Gasteiger partial charge is 0.348 e. The van der Waals surface area contributed by atoms with Gasteiger partial charge in [0.15, 0.2) is 6.10 Å². The van der Waals surface area contributed by atoms with E-state index in [1.165, 1.54) is 6.92 Å². The highest BCUT2D eigenvalue weighted by Crippen LogP contribution is 2.20. The van der Waals surface area contributed by atoms with Gasteiger partial charge in [-0.05, 0) is 38.1 Å². The van der Waals surface area contributed by atoms with Crippen molar-refractivity contribution in [3.63, 3.8) is 0 Å². The summed E-state index contributed by atoms with van der Waals surface area (Å²) in [6.45, 7) is 3.52. The molecule has 0 heterocycles. The average molecular weight is 395 g/mol. The summed E-state index contributed by atoms with van der Waals surface area (Å²) >= 11 is 0. The van der Waals surface area contributed by atoms with Crippen LogP contribution in [0.3, 0.4) is 0 Å². The number of nitrogens with one attached hydrogen (secondary N) is 2. The molecule has 8 nitrogen and oxygen atoms in total. The topological polar surface area (TPSA) is 118 Å². The molecule has 0 aliphatic rings. The van der Waals surface area contributed by atoms with Crippen molar-refractivity contribution in [1.82, 2.24) is 10.6 Å². The number of ether oxygens (including phenoxy) is 2. The molecule has 8 heteroatoms. The van der Waals surface area contributed by atoms with Crippen LogP contribution in [0.2, 0.25) is 0 Å². The van der Waals surface area contributed by atoms with Crippen LogP contribution in [0.5, 0.6) is 5.75 Å². The lowest BCUT2D eigenvalue weighted by Crippen LogP contribution is -2.43. The summed E-state index contributed by atoms with van der Waals surface area (Å²) in [4.78, 5) is 36.7. The van der Waals surface area contributed by atoms with Gasteiger partial charge in [-0.3, -0.25) is 10.1 Å². The maximum atomic E-state index is 12.5. The maximum Gasteiger partial charge on any atom is 0.348 e. The van der Waals surface area contributed by atoms with Crippen molar-refractivity contribution in [3.8, 4) is 11.8 Å². The molecule has 2 rings (SSSR count). The van der Waals surface area contributed by atoms with Gasteiger partial charge in [0.25, 0.3) is 5.91 Å². The van der Waals surface area contributed by atoms with E-state index in [9.17, 15) is 14.4 Å². The van der Waals surface area contributed by atoms with Gasteiger partial charge in [0, 0.05) is 12.1 Å². The zero-order chi connectivity index (χ0) is 21.2. The maximum absolute atomic E-state index is 12.5. The quantitative estimate of drug-likeness (QED) is 0.696. The Morgan fingerprint density at radius 2 is 1.72 bits per heavy atom. The Kier molecular flexibility index (Phi) is 7.74. The fraction of sp³-hybridized carbons (Fsp3) is 0.238. The number of amides is 3. The molecule has 0 aliphatic carbocycles. The first kappa shape index (κ1) is 21.4. The van der Waals surface area contributed by atoms with Crippen LogP contribution in [0.15, 0.2) is 54.6 Å². The Balaban J connectivity index is 2.10. The summed E-state index contributed by atoms with van der Waals surface area (Å²) in [5.41, 5.74) is 0.868. The molecule has 0 fully saturated rings. The van der Waals surface area contributed by atoms with Gasteiger partial charge in [0.05, 0.1) is 11.6 Å². The van der Waals surface area contributed by atoms with E-state index in [1.54, 1.807) is 61.5 Å². The highest BCUT2D eigenvalue weighted by atomic mass is 16.6. The Labute approximate surface area is 168 Å². The highest BCUT2D eigenvalue weighted by molar-refractivity contribution is 5.97. The summed E-state index contributed by atoms with van der Waals surface area (Å²) in [5.74, 6) is -1.19. The number of esters is 1. The average Bonchev–Trinajstić information content (AvgIpc) is 2.73. The fourth-order valence-electron chi connectivity index (χ4n) is 2.36. The Hall–Kier alpha value is -3.86. The zero-order valence-electron chi connectivity index (χ0n) is 16.0. The molecule has 2 atom stereocenters. The minimum absolute atomic E-state index is 0.338. The number of nitrogens with zero attached hydrogens (tertiary/aromatic N) is 1. The van der Waals surface area contributed by atoms with Gasteiger partial charge >= 0.3 is 12.0 Å². The number of urea groups is 1. The minimum atomic E-state index is -1.32. The number of nitriles is 1. The predicted octanol–water partition coefficient (Wildman–Crippen LogP) is 2.46. The molecule has 29 heavy (non-hydrogen) atoms. The molecule has 0 unspecified atom stereocenters. The molecule has 2 aromatic carbocycles. The third-order valence-corrected chi connectivity index (χ3v) is 3.78. The minimum Gasteiger partial charge on any atom is -0.479 e. The lowest BCUT2D eigenvalue weighted by Gasteiger charge is -2.20. The second-order valence-electron chi connectivity index (χ2n) is 5.97. The molecule has 0 bridgehead atoms. The van der Waals surface area contributed by atoms with E-state index in [4.69, 9.17) is 14.7 Å². The predicted molar refractivity (Wildman–Crippen MR) is 104 cm³/mol. The van der Waals surface area contributed by atoms with Crippen LogP contribution in [0.4, 0.5) is 4.79 Å². The molecule has 150 valence electrons. The Bertz CT molecular complexity index is 891. The second kappa shape index (κ2) is 10.5. The van der Waals surface area contributed by atoms with Crippen molar-refractivity contribution in [2.24, 2.45) is 0 Å². The number of benzene rings is 2. The molecular formula is C21H21N3O5. The summed E-state index contributed by atoms with van der Waals surface area (Å²) in [6.07, 6.45) is -2.34. The van der Waals surface area contributed by atoms with E-state index in [-0.39, 0.29) is 0 Å². The van der Waals surface area contributed by atoms with E-state index >= 15 is 0 Å². The zero-order valence-corrected chi connectivity index (χ0v) is 16.0. The molecule has 0 aromatic heterocycles. The van der Waals surface area contributed by atoms with Gasteiger partial charge in [-0.15, -0.1) is 0 Å². The number of carbonyl (C=O) groups is 3.